The Balaban J connectivity index is 1.34. The lowest BCUT2D eigenvalue weighted by Crippen LogP contribution is -2.33. The number of nitrogens with two attached hydrogens (primary N) is 1. The molecule has 2 aliphatic rings. The number of fused-ring (bicyclic) bond motifs is 1. The third-order valence-electron chi connectivity index (χ3n) is 5.41. The average Bonchev–Trinajstić information content (AvgIpc) is 3.20. The van der Waals surface area contributed by atoms with Crippen LogP contribution < -0.4 is 24.8 Å². The molecule has 12 heteroatoms. The topological polar surface area (TPSA) is 154 Å². The highest BCUT2D eigenvalue weighted by Gasteiger charge is 2.37. The van der Waals surface area contributed by atoms with Crippen LogP contribution in [0.5, 0.6) is 11.5 Å². The van der Waals surface area contributed by atoms with E-state index in [0.29, 0.717) is 36.1 Å². The molecule has 0 bridgehead atoms. The predicted octanol–water partition coefficient (Wildman–Crippen LogP) is 1.03. The highest BCUT2D eigenvalue weighted by molar-refractivity contribution is 7.89. The number of hydrogen-bond donors (Lipinski definition) is 2. The molecule has 0 spiro atoms. The number of amides is 2. The van der Waals surface area contributed by atoms with Gasteiger partial charge in [0.25, 0.3) is 5.91 Å². The number of nitrogens with zero attached hydrogens (tertiary/aromatic N) is 1. The number of esters is 1. The van der Waals surface area contributed by atoms with Crippen molar-refractivity contribution >= 4 is 39.2 Å². The maximum absolute atomic E-state index is 12.6. The molecule has 4 rings (SSSR count). The van der Waals surface area contributed by atoms with Gasteiger partial charge in [-0.05, 0) is 43.3 Å². The Bertz CT molecular complexity index is 1230. The first-order chi connectivity index (χ1) is 16.1. The van der Waals surface area contributed by atoms with Crippen molar-refractivity contribution in [1.82, 2.24) is 0 Å². The molecule has 2 amide bonds. The van der Waals surface area contributed by atoms with Gasteiger partial charge in [-0.2, -0.15) is 0 Å². The Labute approximate surface area is 195 Å². The lowest BCUT2D eigenvalue weighted by atomic mass is 10.1. The van der Waals surface area contributed by atoms with Crippen LogP contribution in [-0.4, -0.2) is 52.1 Å². The second kappa shape index (κ2) is 9.31. The smallest absolute Gasteiger partial charge is 0.312 e. The maximum Gasteiger partial charge on any atom is 0.312 e. The van der Waals surface area contributed by atoms with Gasteiger partial charge in [0, 0.05) is 30.4 Å². The van der Waals surface area contributed by atoms with Gasteiger partial charge in [0.15, 0.2) is 17.6 Å². The number of carbonyl (C=O) groups is 3. The summed E-state index contributed by atoms with van der Waals surface area (Å²) in [7, 11) is -3.85. The molecule has 34 heavy (non-hydrogen) atoms. The third kappa shape index (κ3) is 5.13. The van der Waals surface area contributed by atoms with Crippen molar-refractivity contribution in [3.05, 3.63) is 42.5 Å². The van der Waals surface area contributed by atoms with E-state index in [2.05, 4.69) is 5.32 Å². The summed E-state index contributed by atoms with van der Waals surface area (Å²) in [6.45, 7) is 2.38. The highest BCUT2D eigenvalue weighted by Crippen LogP contribution is 2.36. The Kier molecular flexibility index (Phi) is 6.44. The summed E-state index contributed by atoms with van der Waals surface area (Å²) in [5, 5.41) is 7.58. The van der Waals surface area contributed by atoms with Crippen molar-refractivity contribution in [1.29, 1.82) is 0 Å². The quantitative estimate of drug-likeness (QED) is 0.570. The van der Waals surface area contributed by atoms with E-state index in [1.54, 1.807) is 18.2 Å². The molecule has 2 aromatic carbocycles. The van der Waals surface area contributed by atoms with E-state index >= 15 is 0 Å². The number of carbonyl (C=O) groups excluding carboxylic acids is 3. The number of nitrogens with one attached hydrogen (secondary N) is 1. The van der Waals surface area contributed by atoms with Crippen LogP contribution in [0.1, 0.15) is 13.3 Å². The van der Waals surface area contributed by atoms with Crippen LogP contribution in [0.4, 0.5) is 11.4 Å². The van der Waals surface area contributed by atoms with Crippen LogP contribution in [0.3, 0.4) is 0 Å². The zero-order chi connectivity index (χ0) is 24.5. The molecular weight excluding hydrogens is 466 g/mol. The molecule has 3 N–H and O–H groups in total. The van der Waals surface area contributed by atoms with E-state index in [9.17, 15) is 22.8 Å². The van der Waals surface area contributed by atoms with Crippen LogP contribution in [0.25, 0.3) is 0 Å². The molecule has 2 unspecified atom stereocenters. The van der Waals surface area contributed by atoms with Gasteiger partial charge < -0.3 is 24.4 Å². The lowest BCUT2D eigenvalue weighted by molar-refractivity contribution is -0.157. The first kappa shape index (κ1) is 23.5. The standard InChI is InChI=1S/C22H23N3O8S/c1-13(21(27)24-15-2-5-17(6-3-15)34(23,29)30)33-22(28)14-10-20(26)25(12-14)16-4-7-18-19(11-16)32-9-8-31-18/h2-7,11,13-14H,8-10,12H2,1H3,(H,24,27)(H2,23,29,30). The zero-order valence-corrected chi connectivity index (χ0v) is 19.0. The SMILES string of the molecule is CC(OC(=O)C1CC(=O)N(c2ccc3c(c2)OCCO3)C1)C(=O)Nc1ccc(S(N)(=O)=O)cc1. The maximum atomic E-state index is 12.6. The van der Waals surface area contributed by atoms with Gasteiger partial charge >= 0.3 is 5.97 Å². The molecule has 180 valence electrons. The first-order valence-corrected chi connectivity index (χ1v) is 12.0. The molecule has 2 aromatic rings. The molecule has 2 atom stereocenters. The minimum atomic E-state index is -3.85. The largest absolute Gasteiger partial charge is 0.486 e. The van der Waals surface area contributed by atoms with Crippen LogP contribution in [-0.2, 0) is 29.1 Å². The summed E-state index contributed by atoms with van der Waals surface area (Å²) in [5.74, 6) is -1.12. The molecule has 1 saturated heterocycles. The fraction of sp³-hybridized carbons (Fsp3) is 0.318. The normalized spacial score (nSPS) is 18.4. The van der Waals surface area contributed by atoms with Crippen molar-refractivity contribution in [2.45, 2.75) is 24.3 Å². The van der Waals surface area contributed by atoms with Gasteiger partial charge in [0.1, 0.15) is 13.2 Å². The third-order valence-corrected chi connectivity index (χ3v) is 6.34. The van der Waals surface area contributed by atoms with Crippen molar-refractivity contribution in [3.8, 4) is 11.5 Å². The number of hydrogen-bond acceptors (Lipinski definition) is 8. The van der Waals surface area contributed by atoms with Gasteiger partial charge in [-0.15, -0.1) is 0 Å². The zero-order valence-electron chi connectivity index (χ0n) is 18.2. The molecule has 2 aliphatic heterocycles. The Hall–Kier alpha value is -3.64. The molecule has 1 fully saturated rings. The molecule has 11 nitrogen and oxygen atoms in total. The van der Waals surface area contributed by atoms with Crippen LogP contribution in [0.15, 0.2) is 47.4 Å². The van der Waals surface area contributed by atoms with E-state index < -0.39 is 33.9 Å². The van der Waals surface area contributed by atoms with Crippen molar-refractivity contribution in [2.75, 3.05) is 30.0 Å². The summed E-state index contributed by atoms with van der Waals surface area (Å²) in [6, 6.07) is 10.4. The molecule has 0 aliphatic carbocycles. The van der Waals surface area contributed by atoms with E-state index in [1.165, 1.54) is 36.1 Å². The van der Waals surface area contributed by atoms with Gasteiger partial charge in [-0.1, -0.05) is 0 Å². The molecule has 0 saturated carbocycles. The second-order valence-electron chi connectivity index (χ2n) is 7.87. The predicted molar refractivity (Wildman–Crippen MR) is 120 cm³/mol. The minimum absolute atomic E-state index is 0.0450. The minimum Gasteiger partial charge on any atom is -0.486 e. The second-order valence-corrected chi connectivity index (χ2v) is 9.43. The first-order valence-electron chi connectivity index (χ1n) is 10.5. The van der Waals surface area contributed by atoms with Gasteiger partial charge in [-0.3, -0.25) is 14.4 Å². The lowest BCUT2D eigenvalue weighted by Gasteiger charge is -2.22. The molecular formula is C22H23N3O8S. The van der Waals surface area contributed by atoms with Gasteiger partial charge in [0.05, 0.1) is 10.8 Å². The molecule has 2 heterocycles. The summed E-state index contributed by atoms with van der Waals surface area (Å²) >= 11 is 0. The Morgan fingerprint density at radius 2 is 1.79 bits per heavy atom. The van der Waals surface area contributed by atoms with E-state index in [4.69, 9.17) is 19.3 Å². The molecule has 0 radical (unpaired) electrons. The van der Waals surface area contributed by atoms with Crippen molar-refractivity contribution < 1.29 is 37.0 Å². The van der Waals surface area contributed by atoms with Crippen molar-refractivity contribution in [2.24, 2.45) is 11.1 Å². The summed E-state index contributed by atoms with van der Waals surface area (Å²) < 4.78 is 38.9. The number of primary sulfonamides is 1. The number of sulfonamides is 1. The van der Waals surface area contributed by atoms with Crippen molar-refractivity contribution in [3.63, 3.8) is 0 Å². The van der Waals surface area contributed by atoms with E-state index in [-0.39, 0.29) is 23.8 Å². The monoisotopic (exact) mass is 489 g/mol. The Morgan fingerprint density at radius 1 is 1.12 bits per heavy atom. The molecule has 0 aromatic heterocycles. The average molecular weight is 490 g/mol. The number of anilines is 2. The summed E-state index contributed by atoms with van der Waals surface area (Å²) in [4.78, 5) is 38.9. The Morgan fingerprint density at radius 3 is 2.47 bits per heavy atom. The van der Waals surface area contributed by atoms with Crippen LogP contribution >= 0.6 is 0 Å². The van der Waals surface area contributed by atoms with E-state index in [1.807, 2.05) is 0 Å². The summed E-state index contributed by atoms with van der Waals surface area (Å²) in [5.41, 5.74) is 0.888. The fourth-order valence-corrected chi connectivity index (χ4v) is 4.13. The fourth-order valence-electron chi connectivity index (χ4n) is 3.61. The van der Waals surface area contributed by atoms with Crippen LogP contribution in [0.2, 0.25) is 0 Å². The number of rotatable bonds is 6. The van der Waals surface area contributed by atoms with Gasteiger partial charge in [-0.25, -0.2) is 13.6 Å². The number of ether oxygens (including phenoxy) is 3. The highest BCUT2D eigenvalue weighted by atomic mass is 32.2. The number of benzene rings is 2. The van der Waals surface area contributed by atoms with Crippen LogP contribution in [0, 0.1) is 5.92 Å². The van der Waals surface area contributed by atoms with E-state index in [0.717, 1.165) is 0 Å². The van der Waals surface area contributed by atoms with Gasteiger partial charge in [0.2, 0.25) is 15.9 Å². The summed E-state index contributed by atoms with van der Waals surface area (Å²) in [6.07, 6.45) is -1.18.